The van der Waals surface area contributed by atoms with Crippen molar-refractivity contribution in [2.24, 2.45) is 5.73 Å². The van der Waals surface area contributed by atoms with Crippen LogP contribution in [0.15, 0.2) is 30.5 Å². The summed E-state index contributed by atoms with van der Waals surface area (Å²) in [6.45, 7) is 2.36. The van der Waals surface area contributed by atoms with Crippen molar-refractivity contribution in [2.45, 2.75) is 6.92 Å². The molecule has 2 rings (SSSR count). The summed E-state index contributed by atoms with van der Waals surface area (Å²) in [7, 11) is 0. The van der Waals surface area contributed by atoms with Crippen molar-refractivity contribution >= 4 is 28.5 Å². The number of nitrogens with zero attached hydrogens (tertiary/aromatic N) is 1. The van der Waals surface area contributed by atoms with E-state index < -0.39 is 5.91 Å². The van der Waals surface area contributed by atoms with Crippen LogP contribution in [0.4, 0.5) is 10.6 Å². The quantitative estimate of drug-likeness (QED) is 0.777. The van der Waals surface area contributed by atoms with Gasteiger partial charge in [0.15, 0.2) is 0 Å². The zero-order valence-electron chi connectivity index (χ0n) is 10.4. The maximum absolute atomic E-state index is 11.4. The Morgan fingerprint density at radius 2 is 2.16 bits per heavy atom. The number of carbonyl (C=O) groups is 2. The molecule has 0 bridgehead atoms. The fourth-order valence-electron chi connectivity index (χ4n) is 1.78. The SMILES string of the molecule is CCNC(=O)Nc1cc2cccc(C(N)=O)c2cn1. The number of hydrogen-bond donors (Lipinski definition) is 3. The molecule has 6 nitrogen and oxygen atoms in total. The second-order valence-corrected chi connectivity index (χ2v) is 3.94. The number of primary amides is 1. The van der Waals surface area contributed by atoms with E-state index in [1.807, 2.05) is 13.0 Å². The van der Waals surface area contributed by atoms with Gasteiger partial charge in [-0.2, -0.15) is 0 Å². The summed E-state index contributed by atoms with van der Waals surface area (Å²) < 4.78 is 0. The molecule has 0 saturated heterocycles. The summed E-state index contributed by atoms with van der Waals surface area (Å²) in [5, 5.41) is 6.67. The first kappa shape index (κ1) is 12.8. The summed E-state index contributed by atoms with van der Waals surface area (Å²) in [5.74, 6) is -0.0862. The Hall–Kier alpha value is -2.63. The Labute approximate surface area is 110 Å². The molecule has 0 spiro atoms. The van der Waals surface area contributed by atoms with E-state index in [0.717, 1.165) is 5.39 Å². The molecule has 0 aliphatic carbocycles. The summed E-state index contributed by atoms with van der Waals surface area (Å²) >= 11 is 0. The first-order valence-corrected chi connectivity index (χ1v) is 5.85. The number of urea groups is 1. The highest BCUT2D eigenvalue weighted by atomic mass is 16.2. The zero-order valence-corrected chi connectivity index (χ0v) is 10.4. The second kappa shape index (κ2) is 5.34. The van der Waals surface area contributed by atoms with Gasteiger partial charge in [0.05, 0.1) is 0 Å². The maximum atomic E-state index is 11.4. The maximum Gasteiger partial charge on any atom is 0.320 e. The lowest BCUT2D eigenvalue weighted by molar-refractivity contribution is 0.100. The number of hydrogen-bond acceptors (Lipinski definition) is 3. The molecule has 0 fully saturated rings. The van der Waals surface area contributed by atoms with Crippen LogP contribution in [-0.4, -0.2) is 23.5 Å². The van der Waals surface area contributed by atoms with Gasteiger partial charge in [-0.3, -0.25) is 10.1 Å². The Morgan fingerprint density at radius 1 is 1.37 bits per heavy atom. The first-order valence-electron chi connectivity index (χ1n) is 5.85. The zero-order chi connectivity index (χ0) is 13.8. The van der Waals surface area contributed by atoms with Crippen LogP contribution in [0.2, 0.25) is 0 Å². The molecule has 0 aliphatic rings. The van der Waals surface area contributed by atoms with Crippen molar-refractivity contribution in [1.29, 1.82) is 0 Å². The summed E-state index contributed by atoms with van der Waals surface area (Å²) in [4.78, 5) is 26.8. The monoisotopic (exact) mass is 258 g/mol. The Kier molecular flexibility index (Phi) is 3.61. The Balaban J connectivity index is 2.36. The molecule has 3 amide bonds. The van der Waals surface area contributed by atoms with Gasteiger partial charge in [0.2, 0.25) is 5.91 Å². The normalized spacial score (nSPS) is 10.2. The molecule has 2 aromatic rings. The number of carbonyl (C=O) groups excluding carboxylic acids is 2. The number of amides is 3. The summed E-state index contributed by atoms with van der Waals surface area (Å²) in [6, 6.07) is 6.57. The van der Waals surface area contributed by atoms with Gasteiger partial charge in [-0.25, -0.2) is 9.78 Å². The molecule has 0 unspecified atom stereocenters. The number of rotatable bonds is 3. The van der Waals surface area contributed by atoms with Gasteiger partial charge in [0, 0.05) is 23.7 Å². The predicted octanol–water partition coefficient (Wildman–Crippen LogP) is 1.48. The second-order valence-electron chi connectivity index (χ2n) is 3.94. The van der Waals surface area contributed by atoms with Crippen molar-refractivity contribution < 1.29 is 9.59 Å². The molecule has 0 radical (unpaired) electrons. The predicted molar refractivity (Wildman–Crippen MR) is 73.0 cm³/mol. The van der Waals surface area contributed by atoms with E-state index >= 15 is 0 Å². The van der Waals surface area contributed by atoms with Crippen molar-refractivity contribution in [2.75, 3.05) is 11.9 Å². The van der Waals surface area contributed by atoms with E-state index in [4.69, 9.17) is 5.73 Å². The highest BCUT2D eigenvalue weighted by molar-refractivity contribution is 6.06. The number of fused-ring (bicyclic) bond motifs is 1. The molecule has 0 aliphatic heterocycles. The smallest absolute Gasteiger partial charge is 0.320 e. The van der Waals surface area contributed by atoms with Gasteiger partial charge >= 0.3 is 6.03 Å². The fourth-order valence-corrected chi connectivity index (χ4v) is 1.78. The number of nitrogens with two attached hydrogens (primary N) is 1. The van der Waals surface area contributed by atoms with Crippen molar-refractivity contribution in [1.82, 2.24) is 10.3 Å². The number of nitrogens with one attached hydrogen (secondary N) is 2. The van der Waals surface area contributed by atoms with Crippen LogP contribution in [0.25, 0.3) is 10.8 Å². The first-order chi connectivity index (χ1) is 9.11. The lowest BCUT2D eigenvalue weighted by Crippen LogP contribution is -2.28. The third kappa shape index (κ3) is 2.79. The average Bonchev–Trinajstić information content (AvgIpc) is 2.37. The third-order valence-corrected chi connectivity index (χ3v) is 2.61. The van der Waals surface area contributed by atoms with Crippen molar-refractivity contribution in [3.63, 3.8) is 0 Å². The van der Waals surface area contributed by atoms with Crippen LogP contribution in [0.1, 0.15) is 17.3 Å². The number of anilines is 1. The van der Waals surface area contributed by atoms with Gasteiger partial charge in [-0.1, -0.05) is 12.1 Å². The van der Waals surface area contributed by atoms with Crippen LogP contribution in [0, 0.1) is 0 Å². The van der Waals surface area contributed by atoms with Crippen LogP contribution >= 0.6 is 0 Å². The van der Waals surface area contributed by atoms with E-state index in [1.54, 1.807) is 18.2 Å². The standard InChI is InChI=1S/C13H14N4O2/c1-2-15-13(19)17-11-6-8-4-3-5-9(12(14)18)10(8)7-16-11/h3-7H,2H2,1H3,(H2,14,18)(H2,15,16,17,19). The molecule has 6 heteroatoms. The van der Waals surface area contributed by atoms with E-state index in [1.165, 1.54) is 6.20 Å². The van der Waals surface area contributed by atoms with Gasteiger partial charge in [0.1, 0.15) is 5.82 Å². The highest BCUT2D eigenvalue weighted by Gasteiger charge is 2.08. The molecule has 0 atom stereocenters. The number of benzene rings is 1. The van der Waals surface area contributed by atoms with Crippen molar-refractivity contribution in [3.05, 3.63) is 36.0 Å². The lowest BCUT2D eigenvalue weighted by atomic mass is 10.1. The molecular formula is C13H14N4O2. The fraction of sp³-hybridized carbons (Fsp3) is 0.154. The number of pyridine rings is 1. The van der Waals surface area contributed by atoms with Crippen LogP contribution in [-0.2, 0) is 0 Å². The molecule has 1 heterocycles. The van der Waals surface area contributed by atoms with E-state index in [2.05, 4.69) is 15.6 Å². The van der Waals surface area contributed by atoms with E-state index in [9.17, 15) is 9.59 Å². The van der Waals surface area contributed by atoms with Gasteiger partial charge in [-0.15, -0.1) is 0 Å². The van der Waals surface area contributed by atoms with E-state index in [-0.39, 0.29) is 6.03 Å². The van der Waals surface area contributed by atoms with Crippen LogP contribution < -0.4 is 16.4 Å². The molecular weight excluding hydrogens is 244 g/mol. The van der Waals surface area contributed by atoms with Crippen LogP contribution in [0.5, 0.6) is 0 Å². The molecule has 1 aromatic heterocycles. The van der Waals surface area contributed by atoms with Gasteiger partial charge < -0.3 is 11.1 Å². The Bertz CT molecular complexity index is 640. The van der Waals surface area contributed by atoms with E-state index in [0.29, 0.717) is 23.3 Å². The Morgan fingerprint density at radius 3 is 2.84 bits per heavy atom. The molecule has 98 valence electrons. The van der Waals surface area contributed by atoms with Crippen LogP contribution in [0.3, 0.4) is 0 Å². The molecule has 4 N–H and O–H groups in total. The third-order valence-electron chi connectivity index (χ3n) is 2.61. The minimum atomic E-state index is -0.503. The molecule has 1 aromatic carbocycles. The minimum absolute atomic E-state index is 0.319. The molecule has 0 saturated carbocycles. The van der Waals surface area contributed by atoms with Gasteiger partial charge in [0.25, 0.3) is 0 Å². The highest BCUT2D eigenvalue weighted by Crippen LogP contribution is 2.20. The lowest BCUT2D eigenvalue weighted by Gasteiger charge is -2.07. The number of aromatic nitrogens is 1. The van der Waals surface area contributed by atoms with Crippen molar-refractivity contribution in [3.8, 4) is 0 Å². The minimum Gasteiger partial charge on any atom is -0.366 e. The summed E-state index contributed by atoms with van der Waals surface area (Å²) in [6.07, 6.45) is 1.52. The largest absolute Gasteiger partial charge is 0.366 e. The summed E-state index contributed by atoms with van der Waals surface area (Å²) in [5.41, 5.74) is 5.70. The molecule has 19 heavy (non-hydrogen) atoms. The topological polar surface area (TPSA) is 97.1 Å². The van der Waals surface area contributed by atoms with Gasteiger partial charge in [-0.05, 0) is 24.4 Å². The average molecular weight is 258 g/mol.